The average Bonchev–Trinajstić information content (AvgIpc) is 2.58. The van der Waals surface area contributed by atoms with Crippen LogP contribution in [0.5, 0.6) is 0 Å². The van der Waals surface area contributed by atoms with Crippen LogP contribution in [0.2, 0.25) is 0 Å². The molecular weight excluding hydrogens is 267 g/mol. The van der Waals surface area contributed by atoms with Crippen molar-refractivity contribution in [2.45, 2.75) is 37.9 Å². The van der Waals surface area contributed by atoms with Gasteiger partial charge in [-0.3, -0.25) is 0 Å². The average molecular weight is 285 g/mol. The lowest BCUT2D eigenvalue weighted by Gasteiger charge is -2.31. The molecule has 2 unspecified atom stereocenters. The third kappa shape index (κ3) is 2.32. The Morgan fingerprint density at radius 1 is 1.31 bits per heavy atom. The molecule has 1 aromatic rings. The summed E-state index contributed by atoms with van der Waals surface area (Å²) in [6, 6.07) is 6.88. The molecule has 0 aliphatic heterocycles. The summed E-state index contributed by atoms with van der Waals surface area (Å²) in [5, 5.41) is 0. The van der Waals surface area contributed by atoms with Crippen molar-refractivity contribution in [1.82, 2.24) is 0 Å². The van der Waals surface area contributed by atoms with Gasteiger partial charge in [-0.2, -0.15) is 0 Å². The van der Waals surface area contributed by atoms with Gasteiger partial charge < -0.3 is 0 Å². The number of rotatable bonds is 2. The van der Waals surface area contributed by atoms with Gasteiger partial charge in [0.2, 0.25) is 0 Å². The molecule has 0 nitrogen and oxygen atoms in total. The van der Waals surface area contributed by atoms with Gasteiger partial charge in [-0.05, 0) is 41.9 Å². The molecular formula is C14H18BrF. The van der Waals surface area contributed by atoms with Crippen molar-refractivity contribution in [3.8, 4) is 0 Å². The van der Waals surface area contributed by atoms with E-state index in [4.69, 9.17) is 0 Å². The van der Waals surface area contributed by atoms with Crippen LogP contribution in [0.1, 0.15) is 43.5 Å². The third-order valence-electron chi connectivity index (χ3n) is 3.88. The Kier molecular flexibility index (Phi) is 3.39. The van der Waals surface area contributed by atoms with Crippen molar-refractivity contribution >= 4 is 15.9 Å². The Morgan fingerprint density at radius 2 is 1.94 bits per heavy atom. The maximum Gasteiger partial charge on any atom is 0.123 e. The Labute approximate surface area is 105 Å². The van der Waals surface area contributed by atoms with Gasteiger partial charge in [0, 0.05) is 4.83 Å². The van der Waals surface area contributed by atoms with Crippen molar-refractivity contribution in [3.63, 3.8) is 0 Å². The van der Waals surface area contributed by atoms with E-state index in [2.05, 4.69) is 29.8 Å². The summed E-state index contributed by atoms with van der Waals surface area (Å²) in [6.07, 6.45) is 3.86. The molecule has 0 saturated heterocycles. The van der Waals surface area contributed by atoms with Gasteiger partial charge in [-0.15, -0.1) is 0 Å². The van der Waals surface area contributed by atoms with Crippen LogP contribution in [0, 0.1) is 17.2 Å². The van der Waals surface area contributed by atoms with Crippen molar-refractivity contribution in [2.24, 2.45) is 11.3 Å². The lowest BCUT2D eigenvalue weighted by molar-refractivity contribution is 0.257. The molecule has 0 heterocycles. The zero-order valence-corrected chi connectivity index (χ0v) is 11.4. The predicted molar refractivity (Wildman–Crippen MR) is 69.2 cm³/mol. The van der Waals surface area contributed by atoms with E-state index in [1.807, 2.05) is 12.1 Å². The second kappa shape index (κ2) is 4.48. The number of alkyl halides is 1. The first-order valence-electron chi connectivity index (χ1n) is 5.90. The highest BCUT2D eigenvalue weighted by Crippen LogP contribution is 2.51. The molecule has 16 heavy (non-hydrogen) atoms. The zero-order chi connectivity index (χ0) is 11.8. The van der Waals surface area contributed by atoms with Gasteiger partial charge in [-0.1, -0.05) is 48.3 Å². The van der Waals surface area contributed by atoms with Crippen LogP contribution in [-0.2, 0) is 0 Å². The first-order valence-corrected chi connectivity index (χ1v) is 6.82. The summed E-state index contributed by atoms with van der Waals surface area (Å²) in [4.78, 5) is 0.352. The van der Waals surface area contributed by atoms with E-state index in [0.717, 1.165) is 0 Å². The van der Waals surface area contributed by atoms with E-state index in [0.29, 0.717) is 16.2 Å². The van der Waals surface area contributed by atoms with Crippen LogP contribution in [-0.4, -0.2) is 0 Å². The largest absolute Gasteiger partial charge is 0.207 e. The van der Waals surface area contributed by atoms with E-state index in [1.54, 1.807) is 12.1 Å². The fraction of sp³-hybridized carbons (Fsp3) is 0.571. The number of hydrogen-bond acceptors (Lipinski definition) is 0. The summed E-state index contributed by atoms with van der Waals surface area (Å²) >= 11 is 3.79. The lowest BCUT2D eigenvalue weighted by Crippen LogP contribution is -2.21. The van der Waals surface area contributed by atoms with Crippen LogP contribution in [0.3, 0.4) is 0 Å². The normalized spacial score (nSPS) is 25.6. The molecule has 0 amide bonds. The first-order chi connectivity index (χ1) is 7.50. The summed E-state index contributed by atoms with van der Waals surface area (Å²) in [7, 11) is 0. The fourth-order valence-corrected chi connectivity index (χ4v) is 4.06. The van der Waals surface area contributed by atoms with Gasteiger partial charge in [0.15, 0.2) is 0 Å². The number of benzene rings is 1. The van der Waals surface area contributed by atoms with E-state index < -0.39 is 0 Å². The standard InChI is InChI=1S/C14H18BrF/c1-14(2)9-3-4-12(14)13(15)10-5-7-11(16)8-6-10/h5-8,12-13H,3-4,9H2,1-2H3. The minimum Gasteiger partial charge on any atom is -0.207 e. The van der Waals surface area contributed by atoms with Crippen LogP contribution >= 0.6 is 15.9 Å². The summed E-state index contributed by atoms with van der Waals surface area (Å²) in [5.41, 5.74) is 1.59. The van der Waals surface area contributed by atoms with Crippen LogP contribution in [0.4, 0.5) is 4.39 Å². The monoisotopic (exact) mass is 284 g/mol. The van der Waals surface area contributed by atoms with Crippen molar-refractivity contribution in [2.75, 3.05) is 0 Å². The van der Waals surface area contributed by atoms with Gasteiger partial charge in [0.05, 0.1) is 0 Å². The predicted octanol–water partition coefficient (Wildman–Crippen LogP) is 5.09. The first kappa shape index (κ1) is 12.1. The Balaban J connectivity index is 2.18. The molecule has 1 fully saturated rings. The highest BCUT2D eigenvalue weighted by molar-refractivity contribution is 9.09. The van der Waals surface area contributed by atoms with Crippen molar-refractivity contribution in [3.05, 3.63) is 35.6 Å². The zero-order valence-electron chi connectivity index (χ0n) is 9.84. The highest BCUT2D eigenvalue weighted by Gasteiger charge is 2.38. The Bertz CT molecular complexity index is 356. The maximum atomic E-state index is 12.9. The van der Waals surface area contributed by atoms with Crippen LogP contribution < -0.4 is 0 Å². The minimum absolute atomic E-state index is 0.158. The molecule has 1 aliphatic rings. The van der Waals surface area contributed by atoms with Gasteiger partial charge in [-0.25, -0.2) is 4.39 Å². The van der Waals surface area contributed by atoms with Gasteiger partial charge >= 0.3 is 0 Å². The Morgan fingerprint density at radius 3 is 2.44 bits per heavy atom. The van der Waals surface area contributed by atoms with E-state index >= 15 is 0 Å². The number of halogens is 2. The second-order valence-corrected chi connectivity index (χ2v) is 6.43. The van der Waals surface area contributed by atoms with E-state index in [1.165, 1.54) is 24.8 Å². The molecule has 2 heteroatoms. The lowest BCUT2D eigenvalue weighted by atomic mass is 9.78. The summed E-state index contributed by atoms with van der Waals surface area (Å²) in [6.45, 7) is 4.67. The van der Waals surface area contributed by atoms with Crippen LogP contribution in [0.25, 0.3) is 0 Å². The fourth-order valence-electron chi connectivity index (χ4n) is 2.78. The molecule has 0 aromatic heterocycles. The smallest absolute Gasteiger partial charge is 0.123 e. The molecule has 0 spiro atoms. The molecule has 1 saturated carbocycles. The van der Waals surface area contributed by atoms with Crippen molar-refractivity contribution < 1.29 is 4.39 Å². The Hall–Kier alpha value is -0.370. The van der Waals surface area contributed by atoms with E-state index in [-0.39, 0.29) is 5.82 Å². The van der Waals surface area contributed by atoms with Crippen molar-refractivity contribution in [1.29, 1.82) is 0 Å². The quantitative estimate of drug-likeness (QED) is 0.664. The maximum absolute atomic E-state index is 12.9. The van der Waals surface area contributed by atoms with Gasteiger partial charge in [0.1, 0.15) is 5.82 Å². The summed E-state index contributed by atoms with van der Waals surface area (Å²) in [5.74, 6) is 0.493. The SMILES string of the molecule is CC1(C)CCCC1C(Br)c1ccc(F)cc1. The number of hydrogen-bond donors (Lipinski definition) is 0. The second-order valence-electron chi connectivity index (χ2n) is 5.44. The molecule has 0 radical (unpaired) electrons. The third-order valence-corrected chi connectivity index (χ3v) is 5.05. The highest BCUT2D eigenvalue weighted by atomic mass is 79.9. The van der Waals surface area contributed by atoms with E-state index in [9.17, 15) is 4.39 Å². The molecule has 0 N–H and O–H groups in total. The molecule has 1 aliphatic carbocycles. The molecule has 88 valence electrons. The molecule has 2 atom stereocenters. The molecule has 1 aromatic carbocycles. The minimum atomic E-state index is -0.158. The molecule has 0 bridgehead atoms. The summed E-state index contributed by atoms with van der Waals surface area (Å²) < 4.78 is 12.9. The topological polar surface area (TPSA) is 0 Å². The van der Waals surface area contributed by atoms with Crippen LogP contribution in [0.15, 0.2) is 24.3 Å². The molecule has 2 rings (SSSR count). The van der Waals surface area contributed by atoms with Gasteiger partial charge in [0.25, 0.3) is 0 Å².